The van der Waals surface area contributed by atoms with Crippen LogP contribution < -0.4 is 16.4 Å². The highest BCUT2D eigenvalue weighted by molar-refractivity contribution is 6.23. The molecule has 2 saturated carbocycles. The van der Waals surface area contributed by atoms with E-state index >= 15 is 0 Å². The Morgan fingerprint density at radius 2 is 1.75 bits per heavy atom. The maximum absolute atomic E-state index is 12.9. The van der Waals surface area contributed by atoms with Gasteiger partial charge in [-0.15, -0.1) is 0 Å². The number of nitrogens with one attached hydrogen (secondary N) is 2. The molecule has 8 heteroatoms. The van der Waals surface area contributed by atoms with E-state index in [0.29, 0.717) is 35.0 Å². The Hall–Kier alpha value is -2.58. The number of fused-ring (bicyclic) bond motifs is 1. The highest BCUT2D eigenvalue weighted by Gasteiger charge is 2.45. The molecular formula is C24H30N4O4. The van der Waals surface area contributed by atoms with Crippen molar-refractivity contribution in [1.82, 2.24) is 15.5 Å². The van der Waals surface area contributed by atoms with Crippen LogP contribution in [0.4, 0.5) is 0 Å². The van der Waals surface area contributed by atoms with Crippen LogP contribution in [0.3, 0.4) is 0 Å². The van der Waals surface area contributed by atoms with Crippen molar-refractivity contribution in [1.29, 1.82) is 0 Å². The predicted molar refractivity (Wildman–Crippen MR) is 116 cm³/mol. The minimum atomic E-state index is -0.929. The van der Waals surface area contributed by atoms with Crippen molar-refractivity contribution in [2.75, 3.05) is 6.54 Å². The van der Waals surface area contributed by atoms with Gasteiger partial charge in [-0.05, 0) is 80.5 Å². The summed E-state index contributed by atoms with van der Waals surface area (Å²) >= 11 is 0. The number of imide groups is 2. The van der Waals surface area contributed by atoms with Crippen LogP contribution in [0.2, 0.25) is 0 Å². The summed E-state index contributed by atoms with van der Waals surface area (Å²) in [4.78, 5) is 50.3. The van der Waals surface area contributed by atoms with Gasteiger partial charge in [0.05, 0.1) is 11.1 Å². The van der Waals surface area contributed by atoms with Gasteiger partial charge in [0.15, 0.2) is 0 Å². The summed E-state index contributed by atoms with van der Waals surface area (Å²) in [5.74, 6) is -1.22. The molecule has 3 fully saturated rings. The molecule has 1 aromatic carbocycles. The molecule has 2 aliphatic carbocycles. The first-order chi connectivity index (χ1) is 15.3. The smallest absolute Gasteiger partial charge is 0.262 e. The highest BCUT2D eigenvalue weighted by Crippen LogP contribution is 2.52. The fourth-order valence-corrected chi connectivity index (χ4v) is 6.00. The molecule has 8 nitrogen and oxygen atoms in total. The first-order valence-corrected chi connectivity index (χ1v) is 11.7. The minimum Gasteiger partial charge on any atom is -0.328 e. The average molecular weight is 439 g/mol. The van der Waals surface area contributed by atoms with E-state index in [9.17, 15) is 19.2 Å². The van der Waals surface area contributed by atoms with Crippen LogP contribution in [0.1, 0.15) is 77.6 Å². The molecule has 4 aliphatic rings. The van der Waals surface area contributed by atoms with E-state index in [0.717, 1.165) is 17.0 Å². The minimum absolute atomic E-state index is 0.119. The van der Waals surface area contributed by atoms with Gasteiger partial charge in [-0.2, -0.15) is 0 Å². The molecule has 1 unspecified atom stereocenters. The van der Waals surface area contributed by atoms with Crippen molar-refractivity contribution in [3.8, 4) is 0 Å². The SMILES string of the molecule is NC1CC2(CCC(CNCc3ccc4c(c3)C(=O)N(C3CCC(=O)NC3=O)C4=O)CC2)C1. The fraction of sp³-hybridized carbons (Fsp3) is 0.583. The number of benzene rings is 1. The molecule has 0 radical (unpaired) electrons. The van der Waals surface area contributed by atoms with Gasteiger partial charge in [0.2, 0.25) is 11.8 Å². The van der Waals surface area contributed by atoms with Crippen LogP contribution >= 0.6 is 0 Å². The number of amides is 4. The van der Waals surface area contributed by atoms with E-state index in [2.05, 4.69) is 10.6 Å². The zero-order chi connectivity index (χ0) is 22.5. The second-order valence-corrected chi connectivity index (χ2v) is 10.1. The maximum atomic E-state index is 12.9. The van der Waals surface area contributed by atoms with Crippen molar-refractivity contribution in [3.63, 3.8) is 0 Å². The van der Waals surface area contributed by atoms with Crippen LogP contribution in [0, 0.1) is 11.3 Å². The lowest BCUT2D eigenvalue weighted by Gasteiger charge is -2.50. The predicted octanol–water partition coefficient (Wildman–Crippen LogP) is 1.48. The third-order valence-corrected chi connectivity index (χ3v) is 7.82. The summed E-state index contributed by atoms with van der Waals surface area (Å²) in [5.41, 5.74) is 8.10. The Labute approximate surface area is 187 Å². The van der Waals surface area contributed by atoms with Crippen molar-refractivity contribution in [2.24, 2.45) is 17.1 Å². The lowest BCUT2D eigenvalue weighted by Crippen LogP contribution is -2.54. The number of carbonyl (C=O) groups is 4. The topological polar surface area (TPSA) is 122 Å². The second kappa shape index (κ2) is 8.08. The zero-order valence-corrected chi connectivity index (χ0v) is 18.2. The number of piperidine rings is 1. The molecule has 170 valence electrons. The Morgan fingerprint density at radius 1 is 1.03 bits per heavy atom. The van der Waals surface area contributed by atoms with E-state index in [1.807, 2.05) is 6.07 Å². The molecule has 1 spiro atoms. The Kier molecular flexibility index (Phi) is 5.37. The zero-order valence-electron chi connectivity index (χ0n) is 18.2. The lowest BCUT2D eigenvalue weighted by atomic mass is 9.57. The molecule has 1 saturated heterocycles. The molecule has 4 N–H and O–H groups in total. The molecule has 4 amide bonds. The molecular weight excluding hydrogens is 408 g/mol. The van der Waals surface area contributed by atoms with Crippen molar-refractivity contribution in [3.05, 3.63) is 34.9 Å². The first kappa shape index (κ1) is 21.3. The fourth-order valence-electron chi connectivity index (χ4n) is 6.00. The number of hydrogen-bond acceptors (Lipinski definition) is 6. The van der Waals surface area contributed by atoms with E-state index in [-0.39, 0.29) is 18.7 Å². The third-order valence-electron chi connectivity index (χ3n) is 7.82. The van der Waals surface area contributed by atoms with Gasteiger partial charge in [-0.1, -0.05) is 6.07 Å². The quantitative estimate of drug-likeness (QED) is 0.599. The molecule has 5 rings (SSSR count). The van der Waals surface area contributed by atoms with Crippen LogP contribution in [0.25, 0.3) is 0 Å². The lowest BCUT2D eigenvalue weighted by molar-refractivity contribution is -0.136. The monoisotopic (exact) mass is 438 g/mol. The van der Waals surface area contributed by atoms with Gasteiger partial charge < -0.3 is 11.1 Å². The Morgan fingerprint density at radius 3 is 2.44 bits per heavy atom. The molecule has 1 atom stereocenters. The maximum Gasteiger partial charge on any atom is 0.262 e. The van der Waals surface area contributed by atoms with Gasteiger partial charge in [-0.3, -0.25) is 29.4 Å². The normalized spacial score (nSPS) is 32.2. The van der Waals surface area contributed by atoms with E-state index < -0.39 is 23.8 Å². The van der Waals surface area contributed by atoms with Crippen molar-refractivity contribution < 1.29 is 19.2 Å². The number of carbonyl (C=O) groups excluding carboxylic acids is 4. The van der Waals surface area contributed by atoms with E-state index in [4.69, 9.17) is 5.73 Å². The van der Waals surface area contributed by atoms with E-state index in [1.165, 1.54) is 38.5 Å². The second-order valence-electron chi connectivity index (χ2n) is 10.1. The average Bonchev–Trinajstić information content (AvgIpc) is 2.99. The van der Waals surface area contributed by atoms with E-state index in [1.54, 1.807) is 12.1 Å². The molecule has 2 heterocycles. The molecule has 0 aromatic heterocycles. The Bertz CT molecular complexity index is 974. The first-order valence-electron chi connectivity index (χ1n) is 11.7. The van der Waals surface area contributed by atoms with Crippen molar-refractivity contribution >= 4 is 23.6 Å². The molecule has 2 aliphatic heterocycles. The van der Waals surface area contributed by atoms with Crippen LogP contribution in [0.15, 0.2) is 18.2 Å². The molecule has 1 aromatic rings. The number of nitrogens with two attached hydrogens (primary N) is 1. The molecule has 0 bridgehead atoms. The number of rotatable bonds is 5. The van der Waals surface area contributed by atoms with Crippen LogP contribution in [0.5, 0.6) is 0 Å². The van der Waals surface area contributed by atoms with Gasteiger partial charge >= 0.3 is 0 Å². The summed E-state index contributed by atoms with van der Waals surface area (Å²) in [7, 11) is 0. The Balaban J connectivity index is 1.17. The summed E-state index contributed by atoms with van der Waals surface area (Å²) in [6.45, 7) is 1.56. The van der Waals surface area contributed by atoms with Gasteiger partial charge in [-0.25, -0.2) is 0 Å². The molecule has 32 heavy (non-hydrogen) atoms. The van der Waals surface area contributed by atoms with Gasteiger partial charge in [0, 0.05) is 19.0 Å². The van der Waals surface area contributed by atoms with Gasteiger partial charge in [0.1, 0.15) is 6.04 Å². The summed E-state index contributed by atoms with van der Waals surface area (Å²) in [5, 5.41) is 5.73. The number of nitrogens with zero attached hydrogens (tertiary/aromatic N) is 1. The van der Waals surface area contributed by atoms with Crippen LogP contribution in [-0.4, -0.2) is 47.2 Å². The summed E-state index contributed by atoms with van der Waals surface area (Å²) in [6.07, 6.45) is 7.68. The summed E-state index contributed by atoms with van der Waals surface area (Å²) in [6, 6.07) is 4.76. The third kappa shape index (κ3) is 3.75. The summed E-state index contributed by atoms with van der Waals surface area (Å²) < 4.78 is 0. The largest absolute Gasteiger partial charge is 0.328 e. The number of hydrogen-bond donors (Lipinski definition) is 3. The van der Waals surface area contributed by atoms with Crippen molar-refractivity contribution in [2.45, 2.75) is 70.0 Å². The standard InChI is InChI=1S/C24H30N4O4/c25-16-10-24(11-16)7-5-14(6-8-24)12-26-13-15-1-2-17-18(9-15)23(32)28(22(17)31)19-3-4-20(29)27-21(19)30/h1-2,9,14,16,19,26H,3-8,10-13,25H2,(H,27,29,30). The van der Waals surface area contributed by atoms with Gasteiger partial charge in [0.25, 0.3) is 11.8 Å². The van der Waals surface area contributed by atoms with Crippen LogP contribution in [-0.2, 0) is 16.1 Å². The highest BCUT2D eigenvalue weighted by atomic mass is 16.2.